The van der Waals surface area contributed by atoms with Crippen molar-refractivity contribution in [3.8, 4) is 11.5 Å². The number of halogens is 3. The van der Waals surface area contributed by atoms with Gasteiger partial charge in [-0.3, -0.25) is 10.1 Å². The van der Waals surface area contributed by atoms with Gasteiger partial charge in [-0.2, -0.15) is 0 Å². The molecule has 0 aromatic heterocycles. The van der Waals surface area contributed by atoms with Gasteiger partial charge in [-0.1, -0.05) is 53.5 Å². The highest BCUT2D eigenvalue weighted by Gasteiger charge is 2.13. The van der Waals surface area contributed by atoms with E-state index in [0.717, 1.165) is 11.1 Å². The molecule has 0 saturated heterocycles. The number of hydrogen-bond acceptors (Lipinski definition) is 6. The van der Waals surface area contributed by atoms with Crippen LogP contribution in [0.5, 0.6) is 11.5 Å². The molecule has 0 aliphatic heterocycles. The van der Waals surface area contributed by atoms with Crippen LogP contribution in [0.1, 0.15) is 11.1 Å². The lowest BCUT2D eigenvalue weighted by Crippen LogP contribution is -2.22. The number of rotatable bonds is 11. The molecule has 0 atom stereocenters. The average Bonchev–Trinajstić information content (AvgIpc) is 2.79. The number of nitro benzene ring substituents is 1. The van der Waals surface area contributed by atoms with Gasteiger partial charge in [0.2, 0.25) is 0 Å². The van der Waals surface area contributed by atoms with E-state index in [9.17, 15) is 10.1 Å². The van der Waals surface area contributed by atoms with E-state index in [0.29, 0.717) is 53.5 Å². The quantitative estimate of drug-likeness (QED) is 0.183. The summed E-state index contributed by atoms with van der Waals surface area (Å²) >= 11 is 12.4. The van der Waals surface area contributed by atoms with Crippen LogP contribution in [0.2, 0.25) is 10.0 Å². The summed E-state index contributed by atoms with van der Waals surface area (Å²) in [5, 5.41) is 18.2. The summed E-state index contributed by atoms with van der Waals surface area (Å²) in [6, 6.07) is 17.8. The van der Waals surface area contributed by atoms with Crippen molar-refractivity contribution in [2.75, 3.05) is 25.5 Å². The number of non-ortho nitro benzene ring substituents is 1. The fraction of sp³-hybridized carbons (Fsp3) is 0.217. The Balaban J connectivity index is 0.00000385. The third-order valence-electron chi connectivity index (χ3n) is 4.64. The van der Waals surface area contributed by atoms with Gasteiger partial charge in [0.25, 0.3) is 5.69 Å². The molecule has 0 saturated carbocycles. The van der Waals surface area contributed by atoms with E-state index >= 15 is 0 Å². The Labute approximate surface area is 208 Å². The van der Waals surface area contributed by atoms with Gasteiger partial charge in [0.15, 0.2) is 11.5 Å². The Morgan fingerprint density at radius 3 is 2.45 bits per heavy atom. The summed E-state index contributed by atoms with van der Waals surface area (Å²) in [7, 11) is 1.58. The van der Waals surface area contributed by atoms with Gasteiger partial charge >= 0.3 is 0 Å². The molecule has 0 aliphatic rings. The van der Waals surface area contributed by atoms with E-state index in [1.54, 1.807) is 19.2 Å². The number of methoxy groups -OCH3 is 1. The van der Waals surface area contributed by atoms with Crippen molar-refractivity contribution in [3.63, 3.8) is 0 Å². The number of anilines is 1. The maximum Gasteiger partial charge on any atom is 0.271 e. The summed E-state index contributed by atoms with van der Waals surface area (Å²) in [6.07, 6.45) is 0. The normalized spacial score (nSPS) is 10.3. The fourth-order valence-corrected chi connectivity index (χ4v) is 3.54. The van der Waals surface area contributed by atoms with E-state index in [1.807, 2.05) is 36.4 Å². The molecule has 10 heteroatoms. The van der Waals surface area contributed by atoms with Gasteiger partial charge in [0.05, 0.1) is 22.7 Å². The SMILES string of the molecule is COc1cc(Cl)cc(CNCCNc2ccc([N+](=O)[O-])cc2Cl)c1OCc1ccccc1.Cl. The van der Waals surface area contributed by atoms with Crippen molar-refractivity contribution in [1.29, 1.82) is 0 Å². The Morgan fingerprint density at radius 2 is 1.79 bits per heavy atom. The van der Waals surface area contributed by atoms with Crippen LogP contribution in [0.25, 0.3) is 0 Å². The van der Waals surface area contributed by atoms with Crippen LogP contribution in [0.3, 0.4) is 0 Å². The summed E-state index contributed by atoms with van der Waals surface area (Å²) < 4.78 is 11.5. The number of nitrogens with zero attached hydrogens (tertiary/aromatic N) is 1. The first-order valence-electron chi connectivity index (χ1n) is 9.89. The average molecular weight is 513 g/mol. The molecule has 0 fully saturated rings. The molecule has 176 valence electrons. The van der Waals surface area contributed by atoms with Gasteiger partial charge in [-0.25, -0.2) is 0 Å². The van der Waals surface area contributed by atoms with Crippen LogP contribution in [-0.2, 0) is 13.2 Å². The fourth-order valence-electron chi connectivity index (χ4n) is 3.07. The first-order chi connectivity index (χ1) is 15.5. The Morgan fingerprint density at radius 1 is 1.03 bits per heavy atom. The standard InChI is InChI=1S/C23H23Cl2N3O4.ClH/c1-31-22-12-18(24)11-17(23(22)32-15-16-5-3-2-4-6-16)14-26-9-10-27-21-8-7-19(28(29)30)13-20(21)25;/h2-8,11-13,26-27H,9-10,14-15H2,1H3;1H. The molecule has 0 radical (unpaired) electrons. The Bertz CT molecular complexity index is 1070. The summed E-state index contributed by atoms with van der Waals surface area (Å²) in [5.74, 6) is 1.21. The Hall–Kier alpha value is -2.71. The molecule has 0 aliphatic carbocycles. The monoisotopic (exact) mass is 511 g/mol. The number of nitrogens with one attached hydrogen (secondary N) is 2. The molecule has 0 spiro atoms. The minimum Gasteiger partial charge on any atom is -0.493 e. The third kappa shape index (κ3) is 7.68. The molecule has 0 heterocycles. The minimum absolute atomic E-state index is 0. The molecule has 0 bridgehead atoms. The van der Waals surface area contributed by atoms with E-state index in [2.05, 4.69) is 10.6 Å². The second kappa shape index (κ2) is 13.1. The largest absolute Gasteiger partial charge is 0.493 e. The van der Waals surface area contributed by atoms with Crippen molar-refractivity contribution in [2.24, 2.45) is 0 Å². The van der Waals surface area contributed by atoms with Gasteiger partial charge in [0.1, 0.15) is 6.61 Å². The van der Waals surface area contributed by atoms with Crippen molar-refractivity contribution in [3.05, 3.63) is 92.0 Å². The van der Waals surface area contributed by atoms with Gasteiger partial charge in [-0.15, -0.1) is 12.4 Å². The maximum absolute atomic E-state index is 10.8. The number of hydrogen-bond donors (Lipinski definition) is 2. The predicted molar refractivity (Wildman–Crippen MR) is 134 cm³/mol. The van der Waals surface area contributed by atoms with Crippen LogP contribution >= 0.6 is 35.6 Å². The molecular weight excluding hydrogens is 489 g/mol. The van der Waals surface area contributed by atoms with E-state index < -0.39 is 4.92 Å². The van der Waals surface area contributed by atoms with Crippen molar-refractivity contribution >= 4 is 47.0 Å². The molecule has 2 N–H and O–H groups in total. The number of ether oxygens (including phenoxy) is 2. The Kier molecular flexibility index (Phi) is 10.5. The zero-order valence-electron chi connectivity index (χ0n) is 17.8. The number of benzene rings is 3. The van der Waals surface area contributed by atoms with Gasteiger partial charge < -0.3 is 20.1 Å². The highest BCUT2D eigenvalue weighted by molar-refractivity contribution is 6.33. The van der Waals surface area contributed by atoms with Crippen molar-refractivity contribution in [1.82, 2.24) is 5.32 Å². The molecule has 3 aromatic rings. The molecular formula is C23H24Cl3N3O4. The van der Waals surface area contributed by atoms with Crippen LogP contribution < -0.4 is 20.1 Å². The third-order valence-corrected chi connectivity index (χ3v) is 5.17. The summed E-state index contributed by atoms with van der Waals surface area (Å²) in [5.41, 5.74) is 2.51. The lowest BCUT2D eigenvalue weighted by molar-refractivity contribution is -0.384. The van der Waals surface area contributed by atoms with Gasteiger partial charge in [0, 0.05) is 48.4 Å². The minimum atomic E-state index is -0.478. The van der Waals surface area contributed by atoms with Crippen LogP contribution in [-0.4, -0.2) is 25.1 Å². The molecule has 0 unspecified atom stereocenters. The molecule has 7 nitrogen and oxygen atoms in total. The summed E-state index contributed by atoms with van der Waals surface area (Å²) in [4.78, 5) is 10.3. The van der Waals surface area contributed by atoms with E-state index in [1.165, 1.54) is 12.1 Å². The molecule has 0 amide bonds. The van der Waals surface area contributed by atoms with Gasteiger partial charge in [-0.05, 0) is 17.7 Å². The molecule has 33 heavy (non-hydrogen) atoms. The topological polar surface area (TPSA) is 85.7 Å². The molecule has 3 rings (SSSR count). The van der Waals surface area contributed by atoms with Crippen LogP contribution in [0, 0.1) is 10.1 Å². The van der Waals surface area contributed by atoms with E-state index in [-0.39, 0.29) is 18.1 Å². The lowest BCUT2D eigenvalue weighted by Gasteiger charge is -2.17. The first kappa shape index (κ1) is 26.5. The zero-order chi connectivity index (χ0) is 22.9. The van der Waals surface area contributed by atoms with Crippen LogP contribution in [0.4, 0.5) is 11.4 Å². The summed E-state index contributed by atoms with van der Waals surface area (Å²) in [6.45, 7) is 2.10. The highest BCUT2D eigenvalue weighted by atomic mass is 35.5. The first-order valence-corrected chi connectivity index (χ1v) is 10.6. The lowest BCUT2D eigenvalue weighted by atomic mass is 10.1. The highest BCUT2D eigenvalue weighted by Crippen LogP contribution is 2.35. The smallest absolute Gasteiger partial charge is 0.271 e. The molecule has 3 aromatic carbocycles. The zero-order valence-corrected chi connectivity index (χ0v) is 20.2. The van der Waals surface area contributed by atoms with Crippen molar-refractivity contribution in [2.45, 2.75) is 13.2 Å². The predicted octanol–water partition coefficient (Wildman–Crippen LogP) is 6.11. The van der Waals surface area contributed by atoms with Crippen molar-refractivity contribution < 1.29 is 14.4 Å². The second-order valence-electron chi connectivity index (χ2n) is 6.90. The second-order valence-corrected chi connectivity index (χ2v) is 7.74. The number of nitro groups is 1. The maximum atomic E-state index is 10.8. The van der Waals surface area contributed by atoms with E-state index in [4.69, 9.17) is 32.7 Å². The van der Waals surface area contributed by atoms with Crippen LogP contribution in [0.15, 0.2) is 60.7 Å².